The van der Waals surface area contributed by atoms with Gasteiger partial charge in [-0.25, -0.2) is 4.39 Å². The first-order valence-corrected chi connectivity index (χ1v) is 8.94. The number of aliphatic hydroxyl groups is 1. The quantitative estimate of drug-likeness (QED) is 0.657. The molecule has 1 amide bonds. The minimum Gasteiger partial charge on any atom is -0.497 e. The molecular formula is C19H21BrFNO5. The molecule has 2 aromatic carbocycles. The fourth-order valence-corrected chi connectivity index (χ4v) is 2.81. The van der Waals surface area contributed by atoms with Crippen LogP contribution in [-0.4, -0.2) is 37.9 Å². The second-order valence-corrected chi connectivity index (χ2v) is 6.56. The number of hydrogen-bond acceptors (Lipinski definition) is 5. The molecule has 0 aliphatic rings. The van der Waals surface area contributed by atoms with Gasteiger partial charge in [0.15, 0.2) is 6.10 Å². The van der Waals surface area contributed by atoms with Gasteiger partial charge in [0.1, 0.15) is 23.1 Å². The van der Waals surface area contributed by atoms with Crippen LogP contribution in [0.5, 0.6) is 17.2 Å². The highest BCUT2D eigenvalue weighted by Crippen LogP contribution is 2.29. The van der Waals surface area contributed by atoms with Gasteiger partial charge < -0.3 is 24.6 Å². The van der Waals surface area contributed by atoms with Crippen molar-refractivity contribution in [3.8, 4) is 17.2 Å². The molecule has 6 nitrogen and oxygen atoms in total. The fourth-order valence-electron chi connectivity index (χ4n) is 2.37. The van der Waals surface area contributed by atoms with Gasteiger partial charge in [0.2, 0.25) is 0 Å². The summed E-state index contributed by atoms with van der Waals surface area (Å²) in [6.45, 7) is 1.52. The van der Waals surface area contributed by atoms with Crippen molar-refractivity contribution in [2.75, 3.05) is 20.8 Å². The summed E-state index contributed by atoms with van der Waals surface area (Å²) in [5, 5.41) is 13.0. The van der Waals surface area contributed by atoms with Crippen LogP contribution in [0.4, 0.5) is 4.39 Å². The van der Waals surface area contributed by atoms with E-state index in [2.05, 4.69) is 21.2 Å². The van der Waals surface area contributed by atoms with Gasteiger partial charge in [-0.15, -0.1) is 0 Å². The lowest BCUT2D eigenvalue weighted by Crippen LogP contribution is -2.38. The van der Waals surface area contributed by atoms with Crippen molar-refractivity contribution >= 4 is 21.8 Å². The zero-order valence-electron chi connectivity index (χ0n) is 15.2. The Kier molecular flexibility index (Phi) is 7.44. The van der Waals surface area contributed by atoms with Gasteiger partial charge in [0.05, 0.1) is 24.8 Å². The number of hydrogen-bond donors (Lipinski definition) is 2. The lowest BCUT2D eigenvalue weighted by Gasteiger charge is -2.19. The lowest BCUT2D eigenvalue weighted by molar-refractivity contribution is -0.127. The van der Waals surface area contributed by atoms with Crippen LogP contribution in [0.2, 0.25) is 0 Å². The number of nitrogens with one attached hydrogen (secondary N) is 1. The highest BCUT2D eigenvalue weighted by Gasteiger charge is 2.20. The van der Waals surface area contributed by atoms with E-state index >= 15 is 0 Å². The summed E-state index contributed by atoms with van der Waals surface area (Å²) in [4.78, 5) is 12.2. The standard InChI is InChI=1S/C19H21BrFNO5/c1-11(27-18-6-4-12(21)8-15(18)20)19(24)22-10-16(23)14-9-13(25-2)5-7-17(14)26-3/h4-9,11,16,23H,10H2,1-3H3,(H,22,24). The molecule has 0 spiro atoms. The molecule has 0 bridgehead atoms. The van der Waals surface area contributed by atoms with Crippen LogP contribution < -0.4 is 19.5 Å². The van der Waals surface area contributed by atoms with Crippen LogP contribution in [0, 0.1) is 5.82 Å². The molecule has 2 unspecified atom stereocenters. The van der Waals surface area contributed by atoms with Gasteiger partial charge in [-0.05, 0) is 59.3 Å². The Hall–Kier alpha value is -2.32. The first kappa shape index (κ1) is 21.0. The maximum absolute atomic E-state index is 13.1. The molecule has 2 atom stereocenters. The minimum atomic E-state index is -0.997. The molecule has 0 fully saturated rings. The molecule has 2 rings (SSSR count). The van der Waals surface area contributed by atoms with Gasteiger partial charge in [0, 0.05) is 12.1 Å². The van der Waals surface area contributed by atoms with E-state index in [4.69, 9.17) is 14.2 Å². The first-order valence-electron chi connectivity index (χ1n) is 8.15. The number of benzene rings is 2. The molecule has 0 aliphatic heterocycles. The topological polar surface area (TPSA) is 77.0 Å². The Balaban J connectivity index is 1.98. The molecule has 0 radical (unpaired) electrons. The first-order chi connectivity index (χ1) is 12.8. The molecule has 2 N–H and O–H groups in total. The maximum Gasteiger partial charge on any atom is 0.260 e. The summed E-state index contributed by atoms with van der Waals surface area (Å²) in [6.07, 6.45) is -1.84. The van der Waals surface area contributed by atoms with E-state index in [-0.39, 0.29) is 6.54 Å². The Bertz CT molecular complexity index is 802. The van der Waals surface area contributed by atoms with Crippen LogP contribution in [0.15, 0.2) is 40.9 Å². The number of halogens is 2. The highest BCUT2D eigenvalue weighted by molar-refractivity contribution is 9.10. The van der Waals surface area contributed by atoms with E-state index in [1.165, 1.54) is 32.4 Å². The monoisotopic (exact) mass is 441 g/mol. The second kappa shape index (κ2) is 9.57. The van der Waals surface area contributed by atoms with E-state index in [0.29, 0.717) is 27.3 Å². The fraction of sp³-hybridized carbons (Fsp3) is 0.316. The number of carbonyl (C=O) groups is 1. The third-order valence-electron chi connectivity index (χ3n) is 3.83. The average Bonchev–Trinajstić information content (AvgIpc) is 2.67. The van der Waals surface area contributed by atoms with E-state index < -0.39 is 23.9 Å². The van der Waals surface area contributed by atoms with Gasteiger partial charge >= 0.3 is 0 Å². The summed E-state index contributed by atoms with van der Waals surface area (Å²) < 4.78 is 29.4. The predicted molar refractivity (Wildman–Crippen MR) is 102 cm³/mol. The molecule has 0 saturated carbocycles. The smallest absolute Gasteiger partial charge is 0.260 e. The molecule has 0 aromatic heterocycles. The normalized spacial score (nSPS) is 12.8. The van der Waals surface area contributed by atoms with Crippen molar-refractivity contribution < 1.29 is 28.5 Å². The summed E-state index contributed by atoms with van der Waals surface area (Å²) in [5.41, 5.74) is 0.493. The van der Waals surface area contributed by atoms with Crippen LogP contribution in [0.3, 0.4) is 0 Å². The zero-order chi connectivity index (χ0) is 20.0. The van der Waals surface area contributed by atoms with Gasteiger partial charge in [-0.2, -0.15) is 0 Å². The molecule has 2 aromatic rings. The molecule has 0 saturated heterocycles. The average molecular weight is 442 g/mol. The molecule has 146 valence electrons. The zero-order valence-corrected chi connectivity index (χ0v) is 16.7. The van der Waals surface area contributed by atoms with Crippen LogP contribution in [-0.2, 0) is 4.79 Å². The predicted octanol–water partition coefficient (Wildman–Crippen LogP) is 3.22. The van der Waals surface area contributed by atoms with Gasteiger partial charge in [0.25, 0.3) is 5.91 Å². The highest BCUT2D eigenvalue weighted by atomic mass is 79.9. The number of methoxy groups -OCH3 is 2. The van der Waals surface area contributed by atoms with Crippen LogP contribution >= 0.6 is 15.9 Å². The summed E-state index contributed by atoms with van der Waals surface area (Å²) >= 11 is 3.18. The number of carbonyl (C=O) groups excluding carboxylic acids is 1. The van der Waals surface area contributed by atoms with Crippen molar-refractivity contribution in [3.05, 3.63) is 52.3 Å². The Labute approximate surface area is 165 Å². The Morgan fingerprint density at radius 2 is 1.89 bits per heavy atom. The Morgan fingerprint density at radius 3 is 2.52 bits per heavy atom. The van der Waals surface area contributed by atoms with Gasteiger partial charge in [-0.3, -0.25) is 4.79 Å². The van der Waals surface area contributed by atoms with Crippen molar-refractivity contribution in [1.82, 2.24) is 5.32 Å². The molecule has 0 aliphatic carbocycles. The minimum absolute atomic E-state index is 0.0410. The third kappa shape index (κ3) is 5.58. The van der Waals surface area contributed by atoms with Crippen molar-refractivity contribution in [2.24, 2.45) is 0 Å². The number of aliphatic hydroxyl groups excluding tert-OH is 1. The second-order valence-electron chi connectivity index (χ2n) is 5.70. The van der Waals surface area contributed by atoms with E-state index in [9.17, 15) is 14.3 Å². The maximum atomic E-state index is 13.1. The van der Waals surface area contributed by atoms with E-state index in [0.717, 1.165) is 0 Å². The number of amides is 1. The summed E-state index contributed by atoms with van der Waals surface area (Å²) in [7, 11) is 3.01. The Morgan fingerprint density at radius 1 is 1.19 bits per heavy atom. The van der Waals surface area contributed by atoms with Crippen molar-refractivity contribution in [3.63, 3.8) is 0 Å². The summed E-state index contributed by atoms with van der Waals surface area (Å²) in [5.74, 6) is 0.550. The largest absolute Gasteiger partial charge is 0.497 e. The van der Waals surface area contributed by atoms with Crippen molar-refractivity contribution in [1.29, 1.82) is 0 Å². The lowest BCUT2D eigenvalue weighted by atomic mass is 10.1. The number of ether oxygens (including phenoxy) is 3. The van der Waals surface area contributed by atoms with Crippen molar-refractivity contribution in [2.45, 2.75) is 19.1 Å². The molecule has 0 heterocycles. The van der Waals surface area contributed by atoms with Crippen LogP contribution in [0.25, 0.3) is 0 Å². The van der Waals surface area contributed by atoms with E-state index in [1.807, 2.05) is 0 Å². The molecule has 8 heteroatoms. The SMILES string of the molecule is COc1ccc(OC)c(C(O)CNC(=O)C(C)Oc2ccc(F)cc2Br)c1. The third-order valence-corrected chi connectivity index (χ3v) is 4.45. The summed E-state index contributed by atoms with van der Waals surface area (Å²) in [6, 6.07) is 8.95. The van der Waals surface area contributed by atoms with E-state index in [1.54, 1.807) is 25.1 Å². The van der Waals surface area contributed by atoms with Gasteiger partial charge in [-0.1, -0.05) is 0 Å². The molecular weight excluding hydrogens is 421 g/mol. The number of rotatable bonds is 8. The van der Waals surface area contributed by atoms with Crippen LogP contribution in [0.1, 0.15) is 18.6 Å². The molecule has 27 heavy (non-hydrogen) atoms.